The van der Waals surface area contributed by atoms with E-state index in [0.717, 1.165) is 50.9 Å². The minimum Gasteiger partial charge on any atom is -0.378 e. The zero-order valence-electron chi connectivity index (χ0n) is 18.2. The van der Waals surface area contributed by atoms with E-state index in [1.165, 1.54) is 11.8 Å². The monoisotopic (exact) mass is 443 g/mol. The van der Waals surface area contributed by atoms with Crippen LogP contribution in [0.1, 0.15) is 43.6 Å². The largest absolute Gasteiger partial charge is 0.378 e. The molecule has 168 valence electrons. The zero-order valence-corrected chi connectivity index (χ0v) is 19.0. The van der Waals surface area contributed by atoms with Gasteiger partial charge in [0.15, 0.2) is 0 Å². The molecule has 4 rings (SSSR count). The highest BCUT2D eigenvalue weighted by Crippen LogP contribution is 2.34. The first-order valence-corrected chi connectivity index (χ1v) is 13.2. The van der Waals surface area contributed by atoms with Crippen molar-refractivity contribution in [3.05, 3.63) is 60.4 Å². The van der Waals surface area contributed by atoms with E-state index in [1.54, 1.807) is 6.20 Å². The molecule has 2 aliphatic rings. The van der Waals surface area contributed by atoms with Crippen molar-refractivity contribution in [3.63, 3.8) is 0 Å². The van der Waals surface area contributed by atoms with Crippen LogP contribution in [0.15, 0.2) is 54.9 Å². The second-order valence-electron chi connectivity index (χ2n) is 8.92. The van der Waals surface area contributed by atoms with Crippen molar-refractivity contribution in [3.8, 4) is 0 Å². The fourth-order valence-corrected chi connectivity index (χ4v) is 5.81. The molecule has 1 aromatic carbocycles. The number of nitrogens with one attached hydrogen (secondary N) is 1. The molecule has 2 atom stereocenters. The Hall–Kier alpha value is -1.96. The van der Waals surface area contributed by atoms with E-state index in [2.05, 4.69) is 51.0 Å². The summed E-state index contributed by atoms with van der Waals surface area (Å²) in [5, 5.41) is 0. The Morgan fingerprint density at radius 2 is 1.84 bits per heavy atom. The number of hydrogen-bond donors (Lipinski definition) is 1. The molecule has 1 aliphatic heterocycles. The molecule has 1 N–H and O–H groups in total. The van der Waals surface area contributed by atoms with Gasteiger partial charge in [0.2, 0.25) is 10.0 Å². The van der Waals surface area contributed by atoms with Gasteiger partial charge in [-0.3, -0.25) is 4.98 Å². The Bertz CT molecular complexity index is 916. The van der Waals surface area contributed by atoms with Crippen LogP contribution in [-0.4, -0.2) is 51.5 Å². The first-order valence-electron chi connectivity index (χ1n) is 11.3. The summed E-state index contributed by atoms with van der Waals surface area (Å²) in [6.45, 7) is 2.14. The second kappa shape index (κ2) is 10.1. The van der Waals surface area contributed by atoms with E-state index < -0.39 is 10.0 Å². The Morgan fingerprint density at radius 1 is 1.06 bits per heavy atom. The highest BCUT2D eigenvalue weighted by molar-refractivity contribution is 7.88. The van der Waals surface area contributed by atoms with Gasteiger partial charge in [-0.1, -0.05) is 30.3 Å². The van der Waals surface area contributed by atoms with Gasteiger partial charge in [0, 0.05) is 31.2 Å². The molecule has 1 aliphatic carbocycles. The molecule has 0 amide bonds. The van der Waals surface area contributed by atoms with Gasteiger partial charge >= 0.3 is 0 Å². The molecule has 1 saturated heterocycles. The van der Waals surface area contributed by atoms with Crippen molar-refractivity contribution in [1.29, 1.82) is 0 Å². The van der Waals surface area contributed by atoms with Gasteiger partial charge in [-0.05, 0) is 55.7 Å². The predicted octanol–water partition coefficient (Wildman–Crippen LogP) is 3.57. The third kappa shape index (κ3) is 6.28. The minimum absolute atomic E-state index is 0.0939. The number of nitrogens with zero attached hydrogens (tertiary/aromatic N) is 2. The summed E-state index contributed by atoms with van der Waals surface area (Å²) in [6, 6.07) is 14.6. The van der Waals surface area contributed by atoms with Crippen molar-refractivity contribution in [1.82, 2.24) is 9.71 Å². The summed E-state index contributed by atoms with van der Waals surface area (Å²) in [7, 11) is -3.26. The van der Waals surface area contributed by atoms with E-state index in [9.17, 15) is 8.42 Å². The summed E-state index contributed by atoms with van der Waals surface area (Å²) >= 11 is 0. The molecule has 2 aromatic rings. The Labute approximate surface area is 186 Å². The third-order valence-electron chi connectivity index (χ3n) is 6.60. The summed E-state index contributed by atoms with van der Waals surface area (Å²) in [5.74, 6) is 0.729. The highest BCUT2D eigenvalue weighted by Gasteiger charge is 2.33. The standard InChI is InChI=1S/C24H33N3O3S/c1-31(28,29)26-24-13-15-27(22-8-5-14-25-16-22)17-21(24)18-30-23-11-9-20(10-12-23)19-6-3-2-4-7-19/h2-8,14,16,20-21,23-24,26H,9-13,15,17-18H2,1H3/t20?,21-,23?,24-/m0/s1. The molecule has 31 heavy (non-hydrogen) atoms. The summed E-state index contributed by atoms with van der Waals surface area (Å²) in [4.78, 5) is 6.52. The van der Waals surface area contributed by atoms with Gasteiger partial charge < -0.3 is 9.64 Å². The van der Waals surface area contributed by atoms with Gasteiger partial charge in [0.1, 0.15) is 0 Å². The Balaban J connectivity index is 1.34. The van der Waals surface area contributed by atoms with Gasteiger partial charge in [0.05, 0.1) is 30.9 Å². The molecule has 0 bridgehead atoms. The quantitative estimate of drug-likeness (QED) is 0.708. The van der Waals surface area contributed by atoms with Gasteiger partial charge in [-0.2, -0.15) is 0 Å². The van der Waals surface area contributed by atoms with Crippen LogP contribution >= 0.6 is 0 Å². The predicted molar refractivity (Wildman–Crippen MR) is 124 cm³/mol. The fraction of sp³-hybridized carbons (Fsp3) is 0.542. The van der Waals surface area contributed by atoms with Crippen molar-refractivity contribution in [2.75, 3.05) is 30.9 Å². The minimum atomic E-state index is -3.26. The number of pyridine rings is 1. The van der Waals surface area contributed by atoms with E-state index in [-0.39, 0.29) is 18.1 Å². The highest BCUT2D eigenvalue weighted by atomic mass is 32.2. The van der Waals surface area contributed by atoms with Crippen LogP contribution in [-0.2, 0) is 14.8 Å². The zero-order chi connectivity index (χ0) is 21.7. The molecule has 1 saturated carbocycles. The lowest BCUT2D eigenvalue weighted by Crippen LogP contribution is -2.52. The van der Waals surface area contributed by atoms with Crippen molar-refractivity contribution < 1.29 is 13.2 Å². The molecule has 2 fully saturated rings. The Morgan fingerprint density at radius 3 is 2.52 bits per heavy atom. The van der Waals surface area contributed by atoms with Gasteiger partial charge in [0.25, 0.3) is 0 Å². The maximum Gasteiger partial charge on any atom is 0.208 e. The van der Waals surface area contributed by atoms with Crippen LogP contribution in [0.3, 0.4) is 0 Å². The maximum atomic E-state index is 11.9. The molecule has 1 aromatic heterocycles. The SMILES string of the molecule is CS(=O)(=O)N[C@H]1CCN(c2cccnc2)C[C@H]1COC1CCC(c2ccccc2)CC1. The lowest BCUT2D eigenvalue weighted by molar-refractivity contribution is -0.00210. The molecular formula is C24H33N3O3S. The first kappa shape index (κ1) is 22.2. The van der Waals surface area contributed by atoms with Crippen LogP contribution in [0.2, 0.25) is 0 Å². The van der Waals surface area contributed by atoms with E-state index >= 15 is 0 Å². The van der Waals surface area contributed by atoms with Gasteiger partial charge in [-0.15, -0.1) is 0 Å². The van der Waals surface area contributed by atoms with E-state index in [0.29, 0.717) is 12.5 Å². The number of sulfonamides is 1. The van der Waals surface area contributed by atoms with Crippen LogP contribution < -0.4 is 9.62 Å². The summed E-state index contributed by atoms with van der Waals surface area (Å²) in [6.07, 6.45) is 10.3. The van der Waals surface area contributed by atoms with Crippen LogP contribution in [0.4, 0.5) is 5.69 Å². The molecule has 0 radical (unpaired) electrons. The van der Waals surface area contributed by atoms with Crippen LogP contribution in [0.5, 0.6) is 0 Å². The molecule has 0 unspecified atom stereocenters. The van der Waals surface area contributed by atoms with Crippen molar-refractivity contribution >= 4 is 15.7 Å². The first-order chi connectivity index (χ1) is 15.0. The third-order valence-corrected chi connectivity index (χ3v) is 7.33. The molecule has 7 heteroatoms. The number of anilines is 1. The number of benzene rings is 1. The molecule has 6 nitrogen and oxygen atoms in total. The van der Waals surface area contributed by atoms with Gasteiger partial charge in [-0.25, -0.2) is 13.1 Å². The summed E-state index contributed by atoms with van der Waals surface area (Å²) in [5.41, 5.74) is 2.51. The second-order valence-corrected chi connectivity index (χ2v) is 10.7. The fourth-order valence-electron chi connectivity index (χ4n) is 4.95. The number of piperidine rings is 1. The van der Waals surface area contributed by atoms with Crippen molar-refractivity contribution in [2.24, 2.45) is 5.92 Å². The summed E-state index contributed by atoms with van der Waals surface area (Å²) < 4.78 is 33.0. The van der Waals surface area contributed by atoms with Crippen LogP contribution in [0, 0.1) is 5.92 Å². The average molecular weight is 444 g/mol. The van der Waals surface area contributed by atoms with E-state index in [4.69, 9.17) is 4.74 Å². The van der Waals surface area contributed by atoms with E-state index in [1.807, 2.05) is 12.3 Å². The number of rotatable bonds is 7. The normalized spacial score (nSPS) is 27.2. The smallest absolute Gasteiger partial charge is 0.208 e. The topological polar surface area (TPSA) is 71.5 Å². The Kier molecular flexibility index (Phi) is 7.25. The molecular weight excluding hydrogens is 410 g/mol. The number of aromatic nitrogens is 1. The number of hydrogen-bond acceptors (Lipinski definition) is 5. The lowest BCUT2D eigenvalue weighted by Gasteiger charge is -2.40. The average Bonchev–Trinajstić information content (AvgIpc) is 2.79. The van der Waals surface area contributed by atoms with Crippen molar-refractivity contribution in [2.45, 2.75) is 50.2 Å². The molecule has 2 heterocycles. The lowest BCUT2D eigenvalue weighted by atomic mass is 9.82. The molecule has 0 spiro atoms. The van der Waals surface area contributed by atoms with Crippen LogP contribution in [0.25, 0.3) is 0 Å². The maximum absolute atomic E-state index is 11.9. The number of ether oxygens (including phenoxy) is 1.